The van der Waals surface area contributed by atoms with Crippen molar-refractivity contribution in [3.8, 4) is 5.75 Å². The third-order valence-corrected chi connectivity index (χ3v) is 2.59. The van der Waals surface area contributed by atoms with Crippen molar-refractivity contribution < 1.29 is 14.3 Å². The van der Waals surface area contributed by atoms with Crippen LogP contribution in [0.25, 0.3) is 0 Å². The number of carbonyl (C=O) groups excluding carboxylic acids is 1. The summed E-state index contributed by atoms with van der Waals surface area (Å²) < 4.78 is 10.8. The molecule has 0 saturated carbocycles. The van der Waals surface area contributed by atoms with Gasteiger partial charge in [-0.3, -0.25) is 4.79 Å². The quantitative estimate of drug-likeness (QED) is 0.513. The summed E-state index contributed by atoms with van der Waals surface area (Å²) in [4.78, 5) is 10.7. The summed E-state index contributed by atoms with van der Waals surface area (Å²) in [5, 5.41) is 0. The van der Waals surface area contributed by atoms with Gasteiger partial charge in [0, 0.05) is 17.7 Å². The van der Waals surface area contributed by atoms with E-state index in [4.69, 9.17) is 9.47 Å². The first-order valence-electron chi connectivity index (χ1n) is 6.01. The fourth-order valence-electron chi connectivity index (χ4n) is 1.62. The summed E-state index contributed by atoms with van der Waals surface area (Å²) in [5.74, 6) is 0.770. The smallest absolute Gasteiger partial charge is 0.150 e. The highest BCUT2D eigenvalue weighted by Gasteiger charge is 2.04. The van der Waals surface area contributed by atoms with E-state index in [0.717, 1.165) is 30.6 Å². The molecule has 0 aromatic heterocycles. The maximum Gasteiger partial charge on any atom is 0.150 e. The van der Waals surface area contributed by atoms with E-state index < -0.39 is 0 Å². The van der Waals surface area contributed by atoms with E-state index in [-0.39, 0.29) is 0 Å². The number of carbonyl (C=O) groups is 1. The van der Waals surface area contributed by atoms with Crippen molar-refractivity contribution in [2.75, 3.05) is 13.7 Å². The van der Waals surface area contributed by atoms with Gasteiger partial charge in [0.1, 0.15) is 12.0 Å². The average Bonchev–Trinajstić information content (AvgIpc) is 2.38. The lowest BCUT2D eigenvalue weighted by Crippen LogP contribution is -1.99. The van der Waals surface area contributed by atoms with Crippen molar-refractivity contribution in [3.63, 3.8) is 0 Å². The van der Waals surface area contributed by atoms with Crippen LogP contribution in [-0.2, 0) is 11.3 Å². The molecule has 0 atom stereocenters. The Morgan fingerprint density at radius 1 is 1.29 bits per heavy atom. The van der Waals surface area contributed by atoms with Crippen LogP contribution >= 0.6 is 0 Å². The lowest BCUT2D eigenvalue weighted by atomic mass is 10.1. The minimum atomic E-state index is 0.495. The third-order valence-electron chi connectivity index (χ3n) is 2.59. The summed E-state index contributed by atoms with van der Waals surface area (Å²) in [7, 11) is 1.62. The lowest BCUT2D eigenvalue weighted by molar-refractivity contribution is 0.111. The first-order valence-corrected chi connectivity index (χ1v) is 6.01. The molecule has 0 N–H and O–H groups in total. The van der Waals surface area contributed by atoms with Gasteiger partial charge in [-0.1, -0.05) is 19.8 Å². The molecule has 0 amide bonds. The number of hydrogen-bond acceptors (Lipinski definition) is 3. The number of benzene rings is 1. The van der Waals surface area contributed by atoms with Crippen LogP contribution in [0, 0.1) is 0 Å². The molecule has 0 aliphatic carbocycles. The zero-order valence-electron chi connectivity index (χ0n) is 10.6. The molecular formula is C14H20O3. The number of methoxy groups -OCH3 is 1. The van der Waals surface area contributed by atoms with Crippen molar-refractivity contribution in [2.45, 2.75) is 32.8 Å². The van der Waals surface area contributed by atoms with Crippen molar-refractivity contribution in [3.05, 3.63) is 29.3 Å². The molecule has 0 radical (unpaired) electrons. The molecular weight excluding hydrogens is 216 g/mol. The van der Waals surface area contributed by atoms with Crippen molar-refractivity contribution >= 4 is 6.29 Å². The first kappa shape index (κ1) is 13.7. The highest BCUT2D eigenvalue weighted by Crippen LogP contribution is 2.20. The second-order valence-corrected chi connectivity index (χ2v) is 3.95. The van der Waals surface area contributed by atoms with Gasteiger partial charge in [0.25, 0.3) is 0 Å². The van der Waals surface area contributed by atoms with Crippen LogP contribution in [-0.4, -0.2) is 20.0 Å². The van der Waals surface area contributed by atoms with E-state index in [9.17, 15) is 4.79 Å². The van der Waals surface area contributed by atoms with E-state index in [0.29, 0.717) is 12.2 Å². The van der Waals surface area contributed by atoms with E-state index in [1.165, 1.54) is 12.8 Å². The second kappa shape index (κ2) is 7.85. The monoisotopic (exact) mass is 236 g/mol. The molecule has 0 spiro atoms. The fraction of sp³-hybridized carbons (Fsp3) is 0.500. The van der Waals surface area contributed by atoms with Gasteiger partial charge in [0.2, 0.25) is 0 Å². The number of ether oxygens (including phenoxy) is 2. The van der Waals surface area contributed by atoms with Gasteiger partial charge in [-0.15, -0.1) is 0 Å². The molecule has 1 rings (SSSR count). The molecule has 0 saturated heterocycles. The van der Waals surface area contributed by atoms with Gasteiger partial charge in [0.15, 0.2) is 0 Å². The molecule has 0 bridgehead atoms. The lowest BCUT2D eigenvalue weighted by Gasteiger charge is -2.09. The Balaban J connectivity index is 2.52. The van der Waals surface area contributed by atoms with Gasteiger partial charge in [-0.25, -0.2) is 0 Å². The van der Waals surface area contributed by atoms with Crippen LogP contribution in [0.2, 0.25) is 0 Å². The Hall–Kier alpha value is -1.35. The topological polar surface area (TPSA) is 35.5 Å². The second-order valence-electron chi connectivity index (χ2n) is 3.95. The summed E-state index contributed by atoms with van der Waals surface area (Å²) in [6, 6.07) is 5.35. The molecule has 94 valence electrons. The molecule has 1 aromatic rings. The van der Waals surface area contributed by atoms with E-state index >= 15 is 0 Å². The predicted molar refractivity (Wildman–Crippen MR) is 67.6 cm³/mol. The average molecular weight is 236 g/mol. The molecule has 0 aliphatic heterocycles. The van der Waals surface area contributed by atoms with Gasteiger partial charge in [-0.05, 0) is 24.6 Å². The van der Waals surface area contributed by atoms with E-state index in [1.54, 1.807) is 19.2 Å². The molecule has 3 nitrogen and oxygen atoms in total. The van der Waals surface area contributed by atoms with Crippen LogP contribution < -0.4 is 4.74 Å². The molecule has 3 heteroatoms. The van der Waals surface area contributed by atoms with E-state index in [1.807, 2.05) is 6.07 Å². The molecule has 0 unspecified atom stereocenters. The van der Waals surface area contributed by atoms with E-state index in [2.05, 4.69) is 6.92 Å². The number of hydrogen-bond donors (Lipinski definition) is 0. The van der Waals surface area contributed by atoms with Crippen LogP contribution in [0.5, 0.6) is 5.75 Å². The molecule has 0 heterocycles. The van der Waals surface area contributed by atoms with Gasteiger partial charge < -0.3 is 9.47 Å². The maximum atomic E-state index is 10.7. The van der Waals surface area contributed by atoms with Crippen molar-refractivity contribution in [1.82, 2.24) is 0 Å². The minimum absolute atomic E-state index is 0.495. The van der Waals surface area contributed by atoms with Crippen molar-refractivity contribution in [1.29, 1.82) is 0 Å². The zero-order chi connectivity index (χ0) is 12.5. The van der Waals surface area contributed by atoms with Gasteiger partial charge in [0.05, 0.1) is 13.7 Å². The largest absolute Gasteiger partial charge is 0.496 e. The van der Waals surface area contributed by atoms with Crippen LogP contribution in [0.4, 0.5) is 0 Å². The summed E-state index contributed by atoms with van der Waals surface area (Å²) in [5.41, 5.74) is 1.58. The Labute approximate surface area is 103 Å². The first-order chi connectivity index (χ1) is 8.31. The maximum absolute atomic E-state index is 10.7. The Morgan fingerprint density at radius 3 is 2.76 bits per heavy atom. The molecule has 0 fully saturated rings. The Bertz CT molecular complexity index is 347. The molecule has 17 heavy (non-hydrogen) atoms. The predicted octanol–water partition coefficient (Wildman–Crippen LogP) is 3.21. The van der Waals surface area contributed by atoms with Crippen LogP contribution in [0.1, 0.15) is 42.1 Å². The van der Waals surface area contributed by atoms with Crippen LogP contribution in [0.15, 0.2) is 18.2 Å². The number of aldehydes is 1. The minimum Gasteiger partial charge on any atom is -0.496 e. The highest BCUT2D eigenvalue weighted by atomic mass is 16.5. The fourth-order valence-corrected chi connectivity index (χ4v) is 1.62. The zero-order valence-corrected chi connectivity index (χ0v) is 10.6. The number of unbranched alkanes of at least 4 members (excludes halogenated alkanes) is 2. The Kier molecular flexibility index (Phi) is 6.33. The SMILES string of the molecule is CCCCCOCc1cc(C=O)ccc1OC. The summed E-state index contributed by atoms with van der Waals surface area (Å²) in [6.07, 6.45) is 4.28. The third kappa shape index (κ3) is 4.57. The standard InChI is InChI=1S/C14H20O3/c1-3-4-5-8-17-11-13-9-12(10-15)6-7-14(13)16-2/h6-7,9-10H,3-5,8,11H2,1-2H3. The summed E-state index contributed by atoms with van der Waals surface area (Å²) in [6.45, 7) is 3.41. The molecule has 0 aliphatic rings. The highest BCUT2D eigenvalue weighted by molar-refractivity contribution is 5.75. The Morgan fingerprint density at radius 2 is 2.12 bits per heavy atom. The number of rotatable bonds is 8. The summed E-state index contributed by atoms with van der Waals surface area (Å²) >= 11 is 0. The van der Waals surface area contributed by atoms with Crippen molar-refractivity contribution in [2.24, 2.45) is 0 Å². The normalized spacial score (nSPS) is 10.2. The van der Waals surface area contributed by atoms with Crippen LogP contribution in [0.3, 0.4) is 0 Å². The molecule has 1 aromatic carbocycles. The van der Waals surface area contributed by atoms with Gasteiger partial charge in [-0.2, -0.15) is 0 Å². The van der Waals surface area contributed by atoms with Gasteiger partial charge >= 0.3 is 0 Å².